The number of nitrogens with zero attached hydrogens (tertiary/aromatic N) is 2. The van der Waals surface area contributed by atoms with Crippen LogP contribution in [0.2, 0.25) is 0 Å². The average molecular weight is 444 g/mol. The number of rotatable bonds is 7. The van der Waals surface area contributed by atoms with Crippen molar-refractivity contribution >= 4 is 27.5 Å². The van der Waals surface area contributed by atoms with Gasteiger partial charge < -0.3 is 10.2 Å². The Kier molecular flexibility index (Phi) is 7.33. The molecule has 0 radical (unpaired) electrons. The van der Waals surface area contributed by atoms with Gasteiger partial charge in [0, 0.05) is 38.7 Å². The minimum atomic E-state index is -3.68. The van der Waals surface area contributed by atoms with Crippen molar-refractivity contribution < 1.29 is 18.0 Å². The molecule has 31 heavy (non-hydrogen) atoms. The first-order valence-electron chi connectivity index (χ1n) is 10.5. The molecule has 0 bridgehead atoms. The molecule has 1 aliphatic rings. The number of likely N-dealkylation sites (tertiary alicyclic amines) is 1. The van der Waals surface area contributed by atoms with Gasteiger partial charge in [0.1, 0.15) is 0 Å². The molecule has 1 aliphatic heterocycles. The van der Waals surface area contributed by atoms with Crippen molar-refractivity contribution in [3.8, 4) is 0 Å². The van der Waals surface area contributed by atoms with Crippen LogP contribution in [0.1, 0.15) is 41.6 Å². The largest absolute Gasteiger partial charge is 0.350 e. The molecule has 8 heteroatoms. The van der Waals surface area contributed by atoms with E-state index in [4.69, 9.17) is 0 Å². The van der Waals surface area contributed by atoms with E-state index in [1.807, 2.05) is 6.92 Å². The second kappa shape index (κ2) is 9.96. The number of hydrogen-bond donors (Lipinski definition) is 1. The molecule has 1 fully saturated rings. The van der Waals surface area contributed by atoms with Crippen LogP contribution in [-0.4, -0.2) is 51.8 Å². The quantitative estimate of drug-likeness (QED) is 0.713. The molecule has 0 atom stereocenters. The van der Waals surface area contributed by atoms with Gasteiger partial charge in [-0.25, -0.2) is 8.42 Å². The Morgan fingerprint density at radius 3 is 2.39 bits per heavy atom. The number of aryl methyl sites for hydroxylation is 1. The van der Waals surface area contributed by atoms with E-state index in [9.17, 15) is 18.0 Å². The van der Waals surface area contributed by atoms with E-state index in [1.54, 1.807) is 53.4 Å². The summed E-state index contributed by atoms with van der Waals surface area (Å²) in [6.45, 7) is 3.52. The van der Waals surface area contributed by atoms with Gasteiger partial charge in [-0.15, -0.1) is 0 Å². The highest BCUT2D eigenvalue weighted by molar-refractivity contribution is 7.92. The molecule has 0 aliphatic carbocycles. The molecule has 1 saturated heterocycles. The first-order valence-corrected chi connectivity index (χ1v) is 11.9. The molecule has 2 amide bonds. The Bertz CT molecular complexity index is 1020. The van der Waals surface area contributed by atoms with E-state index < -0.39 is 10.0 Å². The summed E-state index contributed by atoms with van der Waals surface area (Å²) in [6, 6.07) is 13.1. The van der Waals surface area contributed by atoms with Crippen molar-refractivity contribution in [3.63, 3.8) is 0 Å². The summed E-state index contributed by atoms with van der Waals surface area (Å²) in [5, 5.41) is 2.83. The lowest BCUT2D eigenvalue weighted by Gasteiger charge is -2.21. The van der Waals surface area contributed by atoms with E-state index in [2.05, 4.69) is 5.32 Å². The molecule has 7 nitrogen and oxygen atoms in total. The first-order chi connectivity index (χ1) is 14.8. The normalized spacial score (nSPS) is 14.8. The van der Waals surface area contributed by atoms with Gasteiger partial charge in [0.15, 0.2) is 0 Å². The van der Waals surface area contributed by atoms with Gasteiger partial charge in [-0.3, -0.25) is 13.9 Å². The van der Waals surface area contributed by atoms with Crippen LogP contribution in [0.3, 0.4) is 0 Å². The average Bonchev–Trinajstić information content (AvgIpc) is 2.97. The maximum atomic E-state index is 12.8. The molecule has 0 aromatic heterocycles. The van der Waals surface area contributed by atoms with Crippen LogP contribution >= 0.6 is 0 Å². The van der Waals surface area contributed by atoms with Gasteiger partial charge in [0.25, 0.3) is 15.9 Å². The number of amides is 2. The number of benzene rings is 2. The van der Waals surface area contributed by atoms with Crippen LogP contribution in [0.15, 0.2) is 53.4 Å². The van der Waals surface area contributed by atoms with Crippen LogP contribution in [0.4, 0.5) is 5.69 Å². The minimum Gasteiger partial charge on any atom is -0.350 e. The van der Waals surface area contributed by atoms with Crippen LogP contribution in [0.25, 0.3) is 0 Å². The highest BCUT2D eigenvalue weighted by atomic mass is 32.2. The first kappa shape index (κ1) is 22.8. The summed E-state index contributed by atoms with van der Waals surface area (Å²) < 4.78 is 26.8. The maximum absolute atomic E-state index is 12.8. The third-order valence-corrected chi connectivity index (χ3v) is 7.31. The van der Waals surface area contributed by atoms with Crippen molar-refractivity contribution in [1.29, 1.82) is 0 Å². The third kappa shape index (κ3) is 5.64. The fraction of sp³-hybridized carbons (Fsp3) is 0.391. The van der Waals surface area contributed by atoms with Gasteiger partial charge in [0.05, 0.1) is 10.6 Å². The molecule has 1 N–H and O–H groups in total. The number of sulfonamides is 1. The smallest absolute Gasteiger partial charge is 0.264 e. The van der Waals surface area contributed by atoms with Gasteiger partial charge in [0.2, 0.25) is 5.91 Å². The molecule has 0 unspecified atom stereocenters. The minimum absolute atomic E-state index is 0.147. The van der Waals surface area contributed by atoms with Crippen LogP contribution in [0.5, 0.6) is 0 Å². The molecule has 2 aromatic carbocycles. The summed E-state index contributed by atoms with van der Waals surface area (Å²) in [5.41, 5.74) is 1.89. The number of carbonyl (C=O) groups is 2. The highest BCUT2D eigenvalue weighted by Crippen LogP contribution is 2.22. The zero-order valence-corrected chi connectivity index (χ0v) is 18.8. The van der Waals surface area contributed by atoms with Crippen molar-refractivity contribution in [2.24, 2.45) is 0 Å². The lowest BCUT2D eigenvalue weighted by molar-refractivity contribution is -0.130. The summed E-state index contributed by atoms with van der Waals surface area (Å²) in [7, 11) is -2.19. The Balaban J connectivity index is 1.59. The molecule has 0 spiro atoms. The zero-order valence-electron chi connectivity index (χ0n) is 18.0. The molecule has 2 aromatic rings. The molecule has 1 heterocycles. The Morgan fingerprint density at radius 2 is 1.71 bits per heavy atom. The van der Waals surface area contributed by atoms with Crippen molar-refractivity contribution in [1.82, 2.24) is 10.2 Å². The van der Waals surface area contributed by atoms with Crippen LogP contribution in [0, 0.1) is 6.92 Å². The van der Waals surface area contributed by atoms with Crippen molar-refractivity contribution in [2.75, 3.05) is 31.0 Å². The monoisotopic (exact) mass is 443 g/mol. The lowest BCUT2D eigenvalue weighted by atomic mass is 10.2. The fourth-order valence-electron chi connectivity index (χ4n) is 3.51. The van der Waals surface area contributed by atoms with Crippen LogP contribution < -0.4 is 9.62 Å². The lowest BCUT2D eigenvalue weighted by Crippen LogP contribution is -2.38. The second-order valence-electron chi connectivity index (χ2n) is 7.78. The maximum Gasteiger partial charge on any atom is 0.264 e. The molecular formula is C23H29N3O4S. The summed E-state index contributed by atoms with van der Waals surface area (Å²) in [5.74, 6) is -0.105. The van der Waals surface area contributed by atoms with E-state index in [1.165, 1.54) is 11.4 Å². The van der Waals surface area contributed by atoms with E-state index in [0.717, 1.165) is 31.4 Å². The standard InChI is InChI=1S/C23H29N3O4S/c1-18-7-13-21(14-8-18)31(29,30)25(2)20-11-9-19(10-12-20)23(28)24-15-17-26-16-5-3-4-6-22(26)27/h7-14H,3-6,15-17H2,1-2H3,(H,24,28). The Hall–Kier alpha value is -2.87. The third-order valence-electron chi connectivity index (χ3n) is 5.51. The Morgan fingerprint density at radius 1 is 1.03 bits per heavy atom. The summed E-state index contributed by atoms with van der Waals surface area (Å²) in [6.07, 6.45) is 3.58. The summed E-state index contributed by atoms with van der Waals surface area (Å²) >= 11 is 0. The predicted molar refractivity (Wildman–Crippen MR) is 121 cm³/mol. The number of anilines is 1. The predicted octanol–water partition coefficient (Wildman–Crippen LogP) is 2.95. The van der Waals surface area contributed by atoms with Crippen LogP contribution in [-0.2, 0) is 14.8 Å². The van der Waals surface area contributed by atoms with Gasteiger partial charge in [-0.1, -0.05) is 24.1 Å². The van der Waals surface area contributed by atoms with Gasteiger partial charge in [-0.2, -0.15) is 0 Å². The van der Waals surface area contributed by atoms with Crippen molar-refractivity contribution in [2.45, 2.75) is 37.5 Å². The van der Waals surface area contributed by atoms with E-state index >= 15 is 0 Å². The molecule has 166 valence electrons. The molecule has 0 saturated carbocycles. The fourth-order valence-corrected chi connectivity index (χ4v) is 4.71. The molecular weight excluding hydrogens is 414 g/mol. The van der Waals surface area contributed by atoms with Gasteiger partial charge >= 0.3 is 0 Å². The molecule has 3 rings (SSSR count). The van der Waals surface area contributed by atoms with E-state index in [0.29, 0.717) is 30.8 Å². The number of carbonyl (C=O) groups excluding carboxylic acids is 2. The topological polar surface area (TPSA) is 86.8 Å². The van der Waals surface area contributed by atoms with Crippen molar-refractivity contribution in [3.05, 3.63) is 59.7 Å². The zero-order chi connectivity index (χ0) is 22.4. The highest BCUT2D eigenvalue weighted by Gasteiger charge is 2.21. The summed E-state index contributed by atoms with van der Waals surface area (Å²) in [4.78, 5) is 26.5. The van der Waals surface area contributed by atoms with E-state index in [-0.39, 0.29) is 16.7 Å². The Labute approximate surface area is 184 Å². The van der Waals surface area contributed by atoms with Gasteiger partial charge in [-0.05, 0) is 56.2 Å². The number of hydrogen-bond acceptors (Lipinski definition) is 4. The SMILES string of the molecule is Cc1ccc(S(=O)(=O)N(C)c2ccc(C(=O)NCCN3CCCCCC3=O)cc2)cc1. The number of nitrogens with one attached hydrogen (secondary N) is 1. The second-order valence-corrected chi connectivity index (χ2v) is 9.75.